The first-order chi connectivity index (χ1) is 22.5. The van der Waals surface area contributed by atoms with Crippen molar-refractivity contribution in [3.8, 4) is 5.75 Å². The van der Waals surface area contributed by atoms with E-state index >= 15 is 0 Å². The average molecular weight is 694 g/mol. The number of aliphatic hydroxyl groups excluding tert-OH is 1. The van der Waals surface area contributed by atoms with Crippen LogP contribution in [0.2, 0.25) is 5.02 Å². The maximum Gasteiger partial charge on any atom is 0.336 e. The number of carbonyl (C=O) groups is 5. The van der Waals surface area contributed by atoms with Gasteiger partial charge >= 0.3 is 17.9 Å². The van der Waals surface area contributed by atoms with Crippen molar-refractivity contribution in [3.63, 3.8) is 0 Å². The fourth-order valence-electron chi connectivity index (χ4n) is 6.46. The second-order valence-electron chi connectivity index (χ2n) is 12.5. The van der Waals surface area contributed by atoms with Crippen LogP contribution in [0.1, 0.15) is 36.8 Å². The summed E-state index contributed by atoms with van der Waals surface area (Å²) >= 11 is 6.35. The van der Waals surface area contributed by atoms with E-state index in [0.717, 1.165) is 11.3 Å². The van der Waals surface area contributed by atoms with Crippen molar-refractivity contribution < 1.29 is 59.0 Å². The van der Waals surface area contributed by atoms with Gasteiger partial charge in [-0.15, -0.1) is 0 Å². The van der Waals surface area contributed by atoms with Crippen LogP contribution in [0.3, 0.4) is 0 Å². The molecule has 2 aromatic rings. The molecule has 0 radical (unpaired) electrons. The van der Waals surface area contributed by atoms with Gasteiger partial charge in [0.15, 0.2) is 5.60 Å². The number of anilines is 1. The summed E-state index contributed by atoms with van der Waals surface area (Å²) < 4.78 is 14.1. The van der Waals surface area contributed by atoms with Gasteiger partial charge in [-0.3, -0.25) is 19.2 Å². The van der Waals surface area contributed by atoms with Crippen molar-refractivity contribution in [3.05, 3.63) is 58.4 Å². The van der Waals surface area contributed by atoms with E-state index in [-0.39, 0.29) is 23.4 Å². The minimum atomic E-state index is -2.74. The van der Waals surface area contributed by atoms with Crippen molar-refractivity contribution in [2.75, 3.05) is 44.7 Å². The van der Waals surface area contributed by atoms with E-state index in [1.165, 1.54) is 18.2 Å². The van der Waals surface area contributed by atoms with Crippen molar-refractivity contribution in [2.24, 2.45) is 5.92 Å². The first-order valence-electron chi connectivity index (χ1n) is 15.1. The molecule has 1 spiro atoms. The van der Waals surface area contributed by atoms with Crippen LogP contribution in [0.25, 0.3) is 0 Å². The number of carboxylic acids is 3. The Bertz CT molecular complexity index is 1570. The number of carbonyl (C=O) groups excluding carboxylic acids is 2. The molecule has 3 aliphatic rings. The standard InChI is InChI=1S/C26H29ClFN3O4.C6H8O7/c1-29-23-5-2-18(28)12-21(23)26(25(29)35)6-8-30(9-7-26)13-17(24(34)31-14-20(33)15-31)10-16-11-19(32)3-4-22(16)27;7-3(8)1-6(13,5(11)12)2-4(9)10/h2-5,11-12,17,20,32-33H,6-10,13-15H2,1H3;13H,1-2H2,(H,7,8)(H,9,10)(H,11,12). The van der Waals surface area contributed by atoms with E-state index in [1.54, 1.807) is 35.0 Å². The number of carboxylic acid groups (broad SMARTS) is 3. The number of phenolic OH excluding ortho intramolecular Hbond substituents is 1. The molecule has 6 N–H and O–H groups in total. The fraction of sp³-hybridized carbons (Fsp3) is 0.469. The largest absolute Gasteiger partial charge is 0.508 e. The molecule has 3 heterocycles. The summed E-state index contributed by atoms with van der Waals surface area (Å²) in [6, 6.07) is 9.24. The second kappa shape index (κ2) is 14.4. The lowest BCUT2D eigenvalue weighted by molar-refractivity contribution is -0.170. The molecule has 16 heteroatoms. The molecule has 5 rings (SSSR count). The molecular weight excluding hydrogens is 657 g/mol. The number of piperidine rings is 1. The molecule has 0 aromatic heterocycles. The van der Waals surface area contributed by atoms with E-state index in [4.69, 9.17) is 32.0 Å². The smallest absolute Gasteiger partial charge is 0.336 e. The normalized spacial score (nSPS) is 18.1. The van der Waals surface area contributed by atoms with E-state index in [0.29, 0.717) is 62.6 Å². The van der Waals surface area contributed by atoms with Gasteiger partial charge in [0, 0.05) is 37.4 Å². The molecule has 0 bridgehead atoms. The predicted molar refractivity (Wildman–Crippen MR) is 167 cm³/mol. The summed E-state index contributed by atoms with van der Waals surface area (Å²) in [7, 11) is 1.73. The van der Waals surface area contributed by atoms with Gasteiger partial charge in [-0.25, -0.2) is 9.18 Å². The highest BCUT2D eigenvalue weighted by Crippen LogP contribution is 2.47. The van der Waals surface area contributed by atoms with Crippen molar-refractivity contribution >= 4 is 47.0 Å². The number of β-amino-alcohol motifs (C(OH)–C–C–N with tert-alkyl or cyclic N) is 1. The average Bonchev–Trinajstić information content (AvgIpc) is 3.18. The zero-order valence-electron chi connectivity index (χ0n) is 26.0. The van der Waals surface area contributed by atoms with Crippen molar-refractivity contribution in [1.29, 1.82) is 0 Å². The van der Waals surface area contributed by atoms with Crippen LogP contribution in [0.4, 0.5) is 10.1 Å². The van der Waals surface area contributed by atoms with Gasteiger partial charge < -0.3 is 45.3 Å². The highest BCUT2D eigenvalue weighted by Gasteiger charge is 2.51. The molecule has 0 aliphatic carbocycles. The minimum Gasteiger partial charge on any atom is -0.508 e. The number of aromatic hydroxyl groups is 1. The van der Waals surface area contributed by atoms with Crippen LogP contribution in [0.5, 0.6) is 5.75 Å². The lowest BCUT2D eigenvalue weighted by Gasteiger charge is -2.42. The fourth-order valence-corrected chi connectivity index (χ4v) is 6.66. The highest BCUT2D eigenvalue weighted by molar-refractivity contribution is 6.31. The van der Waals surface area contributed by atoms with Crippen LogP contribution in [0, 0.1) is 11.7 Å². The third-order valence-corrected chi connectivity index (χ3v) is 9.41. The third-order valence-electron chi connectivity index (χ3n) is 9.04. The molecule has 2 amide bonds. The van der Waals surface area contributed by atoms with Gasteiger partial charge in [0.25, 0.3) is 0 Å². The third kappa shape index (κ3) is 7.86. The number of hydrogen-bond donors (Lipinski definition) is 6. The Hall–Kier alpha value is -4.31. The number of phenols is 1. The minimum absolute atomic E-state index is 0.00788. The Morgan fingerprint density at radius 1 is 1.02 bits per heavy atom. The maximum absolute atomic E-state index is 14.1. The predicted octanol–water partition coefficient (Wildman–Crippen LogP) is 1.31. The van der Waals surface area contributed by atoms with Gasteiger partial charge in [0.2, 0.25) is 11.8 Å². The quantitative estimate of drug-likeness (QED) is 0.208. The van der Waals surface area contributed by atoms with Crippen molar-refractivity contribution in [2.45, 2.75) is 49.2 Å². The number of rotatable bonds is 10. The number of likely N-dealkylation sites (tertiary alicyclic amines) is 2. The van der Waals surface area contributed by atoms with Gasteiger partial charge in [-0.05, 0) is 79.9 Å². The van der Waals surface area contributed by atoms with Crippen LogP contribution in [0.15, 0.2) is 36.4 Å². The molecular formula is C32H37ClFN3O11. The topological polar surface area (TPSA) is 216 Å². The number of aliphatic hydroxyl groups is 2. The molecule has 1 unspecified atom stereocenters. The Labute approximate surface area is 279 Å². The number of nitrogens with zero attached hydrogens (tertiary/aromatic N) is 3. The number of likely N-dealkylation sites (N-methyl/N-ethyl adjacent to an activating group) is 1. The molecule has 2 aromatic carbocycles. The summed E-state index contributed by atoms with van der Waals surface area (Å²) in [6.45, 7) is 2.28. The van der Waals surface area contributed by atoms with Crippen LogP contribution < -0.4 is 4.90 Å². The molecule has 14 nitrogen and oxygen atoms in total. The summed E-state index contributed by atoms with van der Waals surface area (Å²) in [5, 5.41) is 53.9. The SMILES string of the molecule is CN1C(=O)C2(CCN(CC(Cc3cc(O)ccc3Cl)C(=O)N3CC(O)C3)CC2)c2cc(F)ccc21.O=C(O)CC(O)(CC(=O)O)C(=O)O. The highest BCUT2D eigenvalue weighted by atomic mass is 35.5. The van der Waals surface area contributed by atoms with E-state index in [9.17, 15) is 38.6 Å². The van der Waals surface area contributed by atoms with Crippen LogP contribution in [-0.2, 0) is 35.8 Å². The Morgan fingerprint density at radius 2 is 1.62 bits per heavy atom. The van der Waals surface area contributed by atoms with Gasteiger partial charge in [-0.1, -0.05) is 11.6 Å². The van der Waals surface area contributed by atoms with Crippen LogP contribution in [-0.4, -0.2) is 122 Å². The number of amides is 2. The lowest BCUT2D eigenvalue weighted by atomic mass is 9.73. The number of halogens is 2. The number of aliphatic carboxylic acids is 3. The zero-order valence-corrected chi connectivity index (χ0v) is 26.8. The van der Waals surface area contributed by atoms with E-state index in [2.05, 4.69) is 4.90 Å². The Kier molecular flexibility index (Phi) is 11.0. The Balaban J connectivity index is 0.000000341. The van der Waals surface area contributed by atoms with Gasteiger partial charge in [0.05, 0.1) is 30.3 Å². The molecule has 3 aliphatic heterocycles. The molecule has 2 fully saturated rings. The Morgan fingerprint density at radius 3 is 2.17 bits per heavy atom. The molecule has 260 valence electrons. The number of benzene rings is 2. The number of hydrogen-bond acceptors (Lipinski definition) is 9. The molecule has 48 heavy (non-hydrogen) atoms. The van der Waals surface area contributed by atoms with Gasteiger partial charge in [-0.2, -0.15) is 0 Å². The van der Waals surface area contributed by atoms with E-state index in [1.807, 2.05) is 0 Å². The summed E-state index contributed by atoms with van der Waals surface area (Å²) in [4.78, 5) is 62.4. The second-order valence-corrected chi connectivity index (χ2v) is 12.9. The molecule has 0 saturated carbocycles. The summed E-state index contributed by atoms with van der Waals surface area (Å²) in [5.41, 5.74) is -1.28. The molecule has 1 atom stereocenters. The first-order valence-corrected chi connectivity index (χ1v) is 15.5. The van der Waals surface area contributed by atoms with Crippen molar-refractivity contribution in [1.82, 2.24) is 9.80 Å². The first kappa shape index (κ1) is 36.5. The lowest BCUT2D eigenvalue weighted by Crippen LogP contribution is -2.57. The monoisotopic (exact) mass is 693 g/mol. The van der Waals surface area contributed by atoms with Crippen LogP contribution >= 0.6 is 11.6 Å². The summed E-state index contributed by atoms with van der Waals surface area (Å²) in [6.07, 6.45) is -1.34. The maximum atomic E-state index is 14.1. The van der Waals surface area contributed by atoms with E-state index < -0.39 is 53.8 Å². The van der Waals surface area contributed by atoms with Gasteiger partial charge in [0.1, 0.15) is 11.6 Å². The zero-order chi connectivity index (χ0) is 35.6. The molecule has 2 saturated heterocycles. The summed E-state index contributed by atoms with van der Waals surface area (Å²) in [5.74, 6) is -5.76. The number of fused-ring (bicyclic) bond motifs is 2.